The van der Waals surface area contributed by atoms with Crippen LogP contribution in [-0.2, 0) is 6.42 Å². The summed E-state index contributed by atoms with van der Waals surface area (Å²) in [6.45, 7) is 3.92. The molecule has 0 aliphatic heterocycles. The Kier molecular flexibility index (Phi) is 5.78. The van der Waals surface area contributed by atoms with Crippen LogP contribution in [0.2, 0.25) is 0 Å². The molecule has 0 saturated carbocycles. The maximum atomic E-state index is 13.2. The van der Waals surface area contributed by atoms with Gasteiger partial charge in [0.25, 0.3) is 0 Å². The minimum Gasteiger partial charge on any atom is -0.387 e. The van der Waals surface area contributed by atoms with Gasteiger partial charge >= 0.3 is 0 Å². The fourth-order valence-electron chi connectivity index (χ4n) is 2.08. The van der Waals surface area contributed by atoms with Crippen molar-refractivity contribution in [2.75, 3.05) is 19.6 Å². The van der Waals surface area contributed by atoms with Crippen LogP contribution in [0.5, 0.6) is 0 Å². The highest BCUT2D eigenvalue weighted by molar-refractivity contribution is 7.09. The Bertz CT molecular complexity index is 563. The molecule has 1 unspecified atom stereocenters. The second-order valence-corrected chi connectivity index (χ2v) is 5.74. The molecule has 2 rings (SSSR count). The van der Waals surface area contributed by atoms with Gasteiger partial charge in [0.15, 0.2) is 11.6 Å². The largest absolute Gasteiger partial charge is 0.387 e. The molecular weight excluding hydrogens is 294 g/mol. The molecule has 21 heavy (non-hydrogen) atoms. The summed E-state index contributed by atoms with van der Waals surface area (Å²) in [5, 5.41) is 13.1. The van der Waals surface area contributed by atoms with Gasteiger partial charge in [0, 0.05) is 31.1 Å². The number of aromatic nitrogens is 1. The number of aliphatic hydroxyl groups is 1. The normalized spacial score (nSPS) is 12.8. The number of thiazole rings is 1. The zero-order valence-electron chi connectivity index (χ0n) is 11.8. The minimum atomic E-state index is -0.933. The lowest BCUT2D eigenvalue weighted by Crippen LogP contribution is -2.30. The molecule has 1 aromatic carbocycles. The van der Waals surface area contributed by atoms with Crippen molar-refractivity contribution in [2.45, 2.75) is 19.4 Å². The third-order valence-electron chi connectivity index (χ3n) is 3.33. The summed E-state index contributed by atoms with van der Waals surface area (Å²) >= 11 is 1.60. The lowest BCUT2D eigenvalue weighted by molar-refractivity contribution is 0.116. The first-order valence-corrected chi connectivity index (χ1v) is 7.72. The molecule has 0 spiro atoms. The van der Waals surface area contributed by atoms with Crippen molar-refractivity contribution in [1.29, 1.82) is 0 Å². The van der Waals surface area contributed by atoms with E-state index in [-0.39, 0.29) is 0 Å². The molecular formula is C15H18F2N2OS. The van der Waals surface area contributed by atoms with Gasteiger partial charge in [0.05, 0.1) is 11.1 Å². The van der Waals surface area contributed by atoms with E-state index >= 15 is 0 Å². The monoisotopic (exact) mass is 312 g/mol. The van der Waals surface area contributed by atoms with Gasteiger partial charge in [0.2, 0.25) is 0 Å². The summed E-state index contributed by atoms with van der Waals surface area (Å²) in [6, 6.07) is 3.51. The number of benzene rings is 1. The van der Waals surface area contributed by atoms with Crippen molar-refractivity contribution < 1.29 is 13.9 Å². The molecule has 3 nitrogen and oxygen atoms in total. The van der Waals surface area contributed by atoms with E-state index in [0.29, 0.717) is 12.1 Å². The van der Waals surface area contributed by atoms with Crippen LogP contribution in [0.1, 0.15) is 23.6 Å². The zero-order chi connectivity index (χ0) is 15.2. The van der Waals surface area contributed by atoms with E-state index in [4.69, 9.17) is 0 Å². The Morgan fingerprint density at radius 1 is 1.33 bits per heavy atom. The van der Waals surface area contributed by atoms with E-state index in [0.717, 1.165) is 36.7 Å². The van der Waals surface area contributed by atoms with Gasteiger partial charge in [-0.25, -0.2) is 13.8 Å². The first-order valence-electron chi connectivity index (χ1n) is 6.84. The number of hydrogen-bond acceptors (Lipinski definition) is 4. The van der Waals surface area contributed by atoms with Gasteiger partial charge in [-0.05, 0) is 24.2 Å². The maximum Gasteiger partial charge on any atom is 0.159 e. The van der Waals surface area contributed by atoms with Gasteiger partial charge in [-0.15, -0.1) is 11.3 Å². The zero-order valence-corrected chi connectivity index (χ0v) is 12.6. The van der Waals surface area contributed by atoms with Crippen LogP contribution in [0.4, 0.5) is 8.78 Å². The van der Waals surface area contributed by atoms with Crippen molar-refractivity contribution in [3.05, 3.63) is 52.0 Å². The molecule has 0 radical (unpaired) electrons. The summed E-state index contributed by atoms with van der Waals surface area (Å²) < 4.78 is 26.1. The smallest absolute Gasteiger partial charge is 0.159 e. The van der Waals surface area contributed by atoms with Crippen LogP contribution < -0.4 is 0 Å². The number of aliphatic hydroxyl groups excluding tert-OH is 1. The van der Waals surface area contributed by atoms with Crippen molar-refractivity contribution >= 4 is 11.3 Å². The van der Waals surface area contributed by atoms with Gasteiger partial charge in [-0.2, -0.15) is 0 Å². The molecule has 0 aliphatic carbocycles. The van der Waals surface area contributed by atoms with Gasteiger partial charge in [0.1, 0.15) is 0 Å². The topological polar surface area (TPSA) is 36.4 Å². The van der Waals surface area contributed by atoms with Crippen LogP contribution >= 0.6 is 11.3 Å². The van der Waals surface area contributed by atoms with Crippen LogP contribution in [0.3, 0.4) is 0 Å². The quantitative estimate of drug-likeness (QED) is 0.854. The molecule has 0 fully saturated rings. The second-order valence-electron chi connectivity index (χ2n) is 4.76. The Labute approximate surface area is 126 Å². The first-order chi connectivity index (χ1) is 10.1. The summed E-state index contributed by atoms with van der Waals surface area (Å²) in [7, 11) is 0. The Morgan fingerprint density at radius 3 is 2.76 bits per heavy atom. The average molecular weight is 312 g/mol. The van der Waals surface area contributed by atoms with Crippen LogP contribution in [0.25, 0.3) is 0 Å². The Hall–Kier alpha value is -1.37. The van der Waals surface area contributed by atoms with Crippen molar-refractivity contribution in [1.82, 2.24) is 9.88 Å². The predicted molar refractivity (Wildman–Crippen MR) is 79.2 cm³/mol. The van der Waals surface area contributed by atoms with Gasteiger partial charge in [-0.1, -0.05) is 13.0 Å². The number of likely N-dealkylation sites (N-methyl/N-ethyl adjacent to an activating group) is 1. The van der Waals surface area contributed by atoms with Crippen LogP contribution in [0.15, 0.2) is 29.8 Å². The second kappa shape index (κ2) is 7.59. The standard InChI is InChI=1S/C15H18F2N2OS/c1-2-19(7-5-15-18-6-8-21-15)10-14(20)11-3-4-12(16)13(17)9-11/h3-4,6,8-9,14,20H,2,5,7,10H2,1H3. The fraction of sp³-hybridized carbons (Fsp3) is 0.400. The number of nitrogens with zero attached hydrogens (tertiary/aromatic N) is 2. The third kappa shape index (κ3) is 4.56. The van der Waals surface area contributed by atoms with E-state index in [2.05, 4.69) is 9.88 Å². The minimum absolute atomic E-state index is 0.382. The fourth-order valence-corrected chi connectivity index (χ4v) is 2.69. The number of rotatable bonds is 7. The molecule has 0 bridgehead atoms. The van der Waals surface area contributed by atoms with E-state index < -0.39 is 17.7 Å². The lowest BCUT2D eigenvalue weighted by atomic mass is 10.1. The number of hydrogen-bond donors (Lipinski definition) is 1. The molecule has 2 aromatic rings. The molecule has 0 amide bonds. The highest BCUT2D eigenvalue weighted by Crippen LogP contribution is 2.17. The molecule has 0 aliphatic rings. The first kappa shape index (κ1) is 16.0. The molecule has 1 heterocycles. The molecule has 1 N–H and O–H groups in total. The molecule has 114 valence electrons. The molecule has 1 aromatic heterocycles. The summed E-state index contributed by atoms with van der Waals surface area (Å²) in [5.74, 6) is -1.83. The van der Waals surface area contributed by atoms with E-state index in [1.54, 1.807) is 17.5 Å². The molecule has 1 atom stereocenters. The summed E-state index contributed by atoms with van der Waals surface area (Å²) in [4.78, 5) is 6.28. The molecule has 6 heteroatoms. The highest BCUT2D eigenvalue weighted by Gasteiger charge is 2.14. The summed E-state index contributed by atoms with van der Waals surface area (Å²) in [6.07, 6.45) is 1.75. The predicted octanol–water partition coefficient (Wildman–Crippen LogP) is 3.02. The van der Waals surface area contributed by atoms with Crippen molar-refractivity contribution in [3.8, 4) is 0 Å². The molecule has 0 saturated heterocycles. The van der Waals surface area contributed by atoms with Crippen LogP contribution in [0, 0.1) is 11.6 Å². The number of halogens is 2. The van der Waals surface area contributed by atoms with E-state index in [9.17, 15) is 13.9 Å². The highest BCUT2D eigenvalue weighted by atomic mass is 32.1. The van der Waals surface area contributed by atoms with Crippen LogP contribution in [-0.4, -0.2) is 34.6 Å². The van der Waals surface area contributed by atoms with E-state index in [1.807, 2.05) is 12.3 Å². The Morgan fingerprint density at radius 2 is 2.14 bits per heavy atom. The van der Waals surface area contributed by atoms with Crippen molar-refractivity contribution in [2.24, 2.45) is 0 Å². The average Bonchev–Trinajstić information content (AvgIpc) is 2.99. The maximum absolute atomic E-state index is 13.2. The Balaban J connectivity index is 1.92. The third-order valence-corrected chi connectivity index (χ3v) is 4.17. The summed E-state index contributed by atoms with van der Waals surface area (Å²) in [5.41, 5.74) is 0.390. The lowest BCUT2D eigenvalue weighted by Gasteiger charge is -2.23. The van der Waals surface area contributed by atoms with Gasteiger partial charge < -0.3 is 10.0 Å². The van der Waals surface area contributed by atoms with Crippen molar-refractivity contribution in [3.63, 3.8) is 0 Å². The van der Waals surface area contributed by atoms with Gasteiger partial charge in [-0.3, -0.25) is 0 Å². The van der Waals surface area contributed by atoms with E-state index in [1.165, 1.54) is 6.07 Å². The SMILES string of the molecule is CCN(CCc1nccs1)CC(O)c1ccc(F)c(F)c1.